The first-order valence-corrected chi connectivity index (χ1v) is 7.12. The van der Waals surface area contributed by atoms with Gasteiger partial charge in [-0.3, -0.25) is 4.79 Å². The number of ether oxygens (including phenoxy) is 1. The molecule has 0 atom stereocenters. The van der Waals surface area contributed by atoms with Crippen molar-refractivity contribution in [2.75, 3.05) is 20.7 Å². The molecule has 0 spiro atoms. The van der Waals surface area contributed by atoms with Crippen molar-refractivity contribution in [3.63, 3.8) is 0 Å². The first-order chi connectivity index (χ1) is 10.1. The van der Waals surface area contributed by atoms with E-state index in [1.54, 1.807) is 43.3 Å². The zero-order valence-electron chi connectivity index (χ0n) is 12.2. The molecule has 2 aromatic carbocycles. The smallest absolute Gasteiger partial charge is 0.253 e. The summed E-state index contributed by atoms with van der Waals surface area (Å²) in [5.74, 6) is 0.813. The van der Waals surface area contributed by atoms with Crippen LogP contribution in [0, 0.1) is 0 Å². The van der Waals surface area contributed by atoms with E-state index in [0.29, 0.717) is 17.1 Å². The van der Waals surface area contributed by atoms with Gasteiger partial charge in [0.05, 0.1) is 7.11 Å². The van der Waals surface area contributed by atoms with Gasteiger partial charge in [0.15, 0.2) is 0 Å². The Bertz CT molecular complexity index is 610. The molecule has 2 rings (SSSR count). The number of hydrogen-bond donors (Lipinski definition) is 0. The number of likely N-dealkylation sites (N-methyl/N-ethyl adjacent to an activating group) is 1. The third-order valence-electron chi connectivity index (χ3n) is 3.31. The summed E-state index contributed by atoms with van der Waals surface area (Å²) in [7, 11) is 3.44. The van der Waals surface area contributed by atoms with Gasteiger partial charge >= 0.3 is 0 Å². The van der Waals surface area contributed by atoms with Crippen LogP contribution in [0.2, 0.25) is 5.02 Å². The van der Waals surface area contributed by atoms with Gasteiger partial charge in [-0.15, -0.1) is 0 Å². The van der Waals surface area contributed by atoms with Crippen LogP contribution in [-0.2, 0) is 6.42 Å². The van der Waals surface area contributed by atoms with Crippen molar-refractivity contribution >= 4 is 17.5 Å². The highest BCUT2D eigenvalue weighted by Gasteiger charge is 2.11. The molecule has 0 heterocycles. The lowest BCUT2D eigenvalue weighted by atomic mass is 10.1. The number of benzene rings is 2. The molecule has 0 saturated heterocycles. The fourth-order valence-corrected chi connectivity index (χ4v) is 2.22. The Hall–Kier alpha value is -2.00. The molecule has 21 heavy (non-hydrogen) atoms. The number of rotatable bonds is 5. The molecule has 0 aliphatic rings. The van der Waals surface area contributed by atoms with Crippen LogP contribution in [-0.4, -0.2) is 31.5 Å². The molecule has 0 aromatic heterocycles. The fraction of sp³-hybridized carbons (Fsp3) is 0.235. The molecule has 0 saturated carbocycles. The standard InChI is InChI=1S/C17H18ClNO2/c1-19(17(20)14-4-3-5-15(18)12-14)11-10-13-6-8-16(21-2)9-7-13/h3-9,12H,10-11H2,1-2H3. The maximum Gasteiger partial charge on any atom is 0.253 e. The van der Waals surface area contributed by atoms with E-state index < -0.39 is 0 Å². The van der Waals surface area contributed by atoms with Crippen LogP contribution in [0.15, 0.2) is 48.5 Å². The Morgan fingerprint density at radius 3 is 2.52 bits per heavy atom. The van der Waals surface area contributed by atoms with Crippen LogP contribution in [0.5, 0.6) is 5.75 Å². The molecule has 0 bridgehead atoms. The van der Waals surface area contributed by atoms with E-state index in [9.17, 15) is 4.79 Å². The minimum absolute atomic E-state index is 0.0222. The first-order valence-electron chi connectivity index (χ1n) is 6.74. The summed E-state index contributed by atoms with van der Waals surface area (Å²) >= 11 is 5.91. The predicted octanol–water partition coefficient (Wildman–Crippen LogP) is 3.66. The highest BCUT2D eigenvalue weighted by Crippen LogP contribution is 2.14. The van der Waals surface area contributed by atoms with Gasteiger partial charge in [-0.2, -0.15) is 0 Å². The summed E-state index contributed by atoms with van der Waals surface area (Å²) in [5.41, 5.74) is 1.78. The average Bonchev–Trinajstić information content (AvgIpc) is 2.52. The zero-order chi connectivity index (χ0) is 15.2. The zero-order valence-corrected chi connectivity index (χ0v) is 12.9. The van der Waals surface area contributed by atoms with Gasteiger partial charge in [-0.25, -0.2) is 0 Å². The summed E-state index contributed by atoms with van der Waals surface area (Å²) in [6.45, 7) is 0.650. The monoisotopic (exact) mass is 303 g/mol. The van der Waals surface area contributed by atoms with Gasteiger partial charge in [-0.05, 0) is 42.3 Å². The lowest BCUT2D eigenvalue weighted by molar-refractivity contribution is 0.0796. The van der Waals surface area contributed by atoms with E-state index in [1.807, 2.05) is 24.3 Å². The van der Waals surface area contributed by atoms with Crippen LogP contribution >= 0.6 is 11.6 Å². The van der Waals surface area contributed by atoms with E-state index in [2.05, 4.69) is 0 Å². The van der Waals surface area contributed by atoms with Gasteiger partial charge in [0.1, 0.15) is 5.75 Å². The fourth-order valence-electron chi connectivity index (χ4n) is 2.03. The van der Waals surface area contributed by atoms with Crippen molar-refractivity contribution < 1.29 is 9.53 Å². The second-order valence-electron chi connectivity index (χ2n) is 4.84. The molecule has 0 N–H and O–H groups in total. The Balaban J connectivity index is 1.94. The molecule has 4 heteroatoms. The number of amides is 1. The summed E-state index contributed by atoms with van der Waals surface area (Å²) in [6.07, 6.45) is 0.798. The van der Waals surface area contributed by atoms with E-state index in [0.717, 1.165) is 12.2 Å². The Morgan fingerprint density at radius 2 is 1.90 bits per heavy atom. The minimum atomic E-state index is -0.0222. The van der Waals surface area contributed by atoms with Crippen molar-refractivity contribution in [2.24, 2.45) is 0 Å². The number of nitrogens with zero attached hydrogens (tertiary/aromatic N) is 1. The molecule has 0 aliphatic heterocycles. The molecule has 0 fully saturated rings. The third kappa shape index (κ3) is 4.23. The number of methoxy groups -OCH3 is 1. The Morgan fingerprint density at radius 1 is 1.19 bits per heavy atom. The normalized spacial score (nSPS) is 10.2. The van der Waals surface area contributed by atoms with Gasteiger partial charge in [0.2, 0.25) is 0 Å². The highest BCUT2D eigenvalue weighted by atomic mass is 35.5. The lowest BCUT2D eigenvalue weighted by Crippen LogP contribution is -2.28. The second-order valence-corrected chi connectivity index (χ2v) is 5.27. The van der Waals surface area contributed by atoms with Gasteiger partial charge in [-0.1, -0.05) is 29.8 Å². The number of carbonyl (C=O) groups is 1. The molecule has 3 nitrogen and oxygen atoms in total. The highest BCUT2D eigenvalue weighted by molar-refractivity contribution is 6.30. The van der Waals surface area contributed by atoms with E-state index in [-0.39, 0.29) is 5.91 Å². The molecule has 110 valence electrons. The predicted molar refractivity (Wildman–Crippen MR) is 85.1 cm³/mol. The molecular formula is C17H18ClNO2. The third-order valence-corrected chi connectivity index (χ3v) is 3.55. The van der Waals surface area contributed by atoms with Gasteiger partial charge in [0, 0.05) is 24.2 Å². The number of carbonyl (C=O) groups excluding carboxylic acids is 1. The second kappa shape index (κ2) is 7.14. The van der Waals surface area contributed by atoms with Gasteiger partial charge in [0.25, 0.3) is 5.91 Å². The number of halogens is 1. The van der Waals surface area contributed by atoms with E-state index >= 15 is 0 Å². The van der Waals surface area contributed by atoms with Crippen LogP contribution in [0.4, 0.5) is 0 Å². The van der Waals surface area contributed by atoms with Crippen molar-refractivity contribution in [3.8, 4) is 5.75 Å². The minimum Gasteiger partial charge on any atom is -0.497 e. The molecular weight excluding hydrogens is 286 g/mol. The Kier molecular flexibility index (Phi) is 5.23. The van der Waals surface area contributed by atoms with E-state index in [1.165, 1.54) is 5.56 Å². The summed E-state index contributed by atoms with van der Waals surface area (Å²) in [6, 6.07) is 14.9. The molecule has 0 unspecified atom stereocenters. The maximum atomic E-state index is 12.3. The average molecular weight is 304 g/mol. The van der Waals surface area contributed by atoms with Crippen LogP contribution in [0.3, 0.4) is 0 Å². The SMILES string of the molecule is COc1ccc(CCN(C)C(=O)c2cccc(Cl)c2)cc1. The summed E-state index contributed by atoms with van der Waals surface area (Å²) < 4.78 is 5.12. The van der Waals surface area contributed by atoms with Crippen molar-refractivity contribution in [1.29, 1.82) is 0 Å². The summed E-state index contributed by atoms with van der Waals surface area (Å²) in [5, 5.41) is 0.574. The molecule has 0 aliphatic carbocycles. The van der Waals surface area contributed by atoms with E-state index in [4.69, 9.17) is 16.3 Å². The van der Waals surface area contributed by atoms with Crippen molar-refractivity contribution in [3.05, 3.63) is 64.7 Å². The molecule has 0 radical (unpaired) electrons. The largest absolute Gasteiger partial charge is 0.497 e. The Labute approximate surface area is 130 Å². The van der Waals surface area contributed by atoms with Crippen molar-refractivity contribution in [1.82, 2.24) is 4.90 Å². The number of hydrogen-bond acceptors (Lipinski definition) is 2. The first kappa shape index (κ1) is 15.4. The quantitative estimate of drug-likeness (QED) is 0.843. The van der Waals surface area contributed by atoms with Crippen LogP contribution in [0.1, 0.15) is 15.9 Å². The topological polar surface area (TPSA) is 29.5 Å². The molecule has 1 amide bonds. The van der Waals surface area contributed by atoms with Crippen molar-refractivity contribution in [2.45, 2.75) is 6.42 Å². The van der Waals surface area contributed by atoms with Crippen LogP contribution < -0.4 is 4.74 Å². The lowest BCUT2D eigenvalue weighted by Gasteiger charge is -2.17. The summed E-state index contributed by atoms with van der Waals surface area (Å²) in [4.78, 5) is 14.0. The van der Waals surface area contributed by atoms with Crippen LogP contribution in [0.25, 0.3) is 0 Å². The van der Waals surface area contributed by atoms with Gasteiger partial charge < -0.3 is 9.64 Å². The maximum absolute atomic E-state index is 12.3. The molecule has 2 aromatic rings.